The van der Waals surface area contributed by atoms with Crippen molar-refractivity contribution in [3.05, 3.63) is 29.1 Å². The number of allylic oxidation sites excluding steroid dienone is 2. The van der Waals surface area contributed by atoms with E-state index in [0.29, 0.717) is 28.9 Å². The summed E-state index contributed by atoms with van der Waals surface area (Å²) in [4.78, 5) is 22.7. The van der Waals surface area contributed by atoms with Crippen LogP contribution in [0.1, 0.15) is 27.2 Å². The molecule has 1 N–H and O–H groups in total. The van der Waals surface area contributed by atoms with Crippen LogP contribution < -0.4 is 5.56 Å². The maximum absolute atomic E-state index is 11.7. The predicted molar refractivity (Wildman–Crippen MR) is 74.5 cm³/mol. The minimum Gasteiger partial charge on any atom is -0.311 e. The number of imidazole rings is 1. The molecule has 2 atom stereocenters. The molecular formula is C14H18N4O. The van der Waals surface area contributed by atoms with Gasteiger partial charge in [-0.25, -0.2) is 9.97 Å². The van der Waals surface area contributed by atoms with Crippen molar-refractivity contribution >= 4 is 16.9 Å². The summed E-state index contributed by atoms with van der Waals surface area (Å²) in [7, 11) is 0. The van der Waals surface area contributed by atoms with Gasteiger partial charge in [-0.05, 0) is 24.2 Å². The Kier molecular flexibility index (Phi) is 2.77. The number of nitrogens with zero attached hydrogens (tertiary/aromatic N) is 3. The highest BCUT2D eigenvalue weighted by atomic mass is 16.1. The molecule has 1 aliphatic carbocycles. The van der Waals surface area contributed by atoms with Crippen molar-refractivity contribution in [2.24, 2.45) is 17.8 Å². The zero-order valence-electron chi connectivity index (χ0n) is 11.4. The average Bonchev–Trinajstić information content (AvgIpc) is 2.93. The topological polar surface area (TPSA) is 63.6 Å². The van der Waals surface area contributed by atoms with Crippen molar-refractivity contribution in [1.29, 1.82) is 0 Å². The van der Waals surface area contributed by atoms with Crippen LogP contribution in [0.4, 0.5) is 0 Å². The van der Waals surface area contributed by atoms with Gasteiger partial charge in [0.2, 0.25) is 0 Å². The van der Waals surface area contributed by atoms with Gasteiger partial charge in [-0.1, -0.05) is 26.8 Å². The zero-order valence-corrected chi connectivity index (χ0v) is 11.4. The lowest BCUT2D eigenvalue weighted by atomic mass is 9.86. The summed E-state index contributed by atoms with van der Waals surface area (Å²) in [6.45, 7) is 6.75. The second-order valence-corrected chi connectivity index (χ2v) is 5.58. The van der Waals surface area contributed by atoms with Gasteiger partial charge in [-0.15, -0.1) is 0 Å². The molecule has 19 heavy (non-hydrogen) atoms. The van der Waals surface area contributed by atoms with Gasteiger partial charge in [0.05, 0.1) is 6.33 Å². The van der Waals surface area contributed by atoms with Gasteiger partial charge in [0.1, 0.15) is 6.33 Å². The number of H-pyrrole nitrogens is 1. The number of aromatic amines is 1. The molecule has 0 fully saturated rings. The molecule has 2 aromatic rings. The third-order valence-electron chi connectivity index (χ3n) is 4.18. The van der Waals surface area contributed by atoms with Crippen molar-refractivity contribution in [3.63, 3.8) is 0 Å². The first kappa shape index (κ1) is 12.1. The summed E-state index contributed by atoms with van der Waals surface area (Å²) in [6.07, 6.45) is 6.47. The molecule has 5 nitrogen and oxygen atoms in total. The molecule has 0 saturated carbocycles. The van der Waals surface area contributed by atoms with E-state index in [9.17, 15) is 4.79 Å². The Labute approximate surface area is 111 Å². The number of hydrogen-bond donors (Lipinski definition) is 1. The number of aromatic nitrogens is 4. The van der Waals surface area contributed by atoms with Gasteiger partial charge < -0.3 is 4.98 Å². The van der Waals surface area contributed by atoms with Crippen molar-refractivity contribution in [2.75, 3.05) is 0 Å². The Morgan fingerprint density at radius 1 is 1.42 bits per heavy atom. The second kappa shape index (κ2) is 4.33. The third kappa shape index (κ3) is 1.80. The molecule has 100 valence electrons. The van der Waals surface area contributed by atoms with Gasteiger partial charge in [0, 0.05) is 5.70 Å². The molecule has 0 aromatic carbocycles. The first-order chi connectivity index (χ1) is 9.09. The molecule has 3 rings (SSSR count). The first-order valence-electron chi connectivity index (χ1n) is 6.70. The van der Waals surface area contributed by atoms with Crippen LogP contribution in [0.25, 0.3) is 16.9 Å². The molecule has 0 saturated heterocycles. The fourth-order valence-electron chi connectivity index (χ4n) is 3.07. The van der Waals surface area contributed by atoms with Crippen LogP contribution in [0.15, 0.2) is 23.5 Å². The molecule has 1 aliphatic rings. The molecular weight excluding hydrogens is 240 g/mol. The van der Waals surface area contributed by atoms with Crippen molar-refractivity contribution in [2.45, 2.75) is 27.2 Å². The van der Waals surface area contributed by atoms with Gasteiger partial charge >= 0.3 is 0 Å². The van der Waals surface area contributed by atoms with E-state index in [1.165, 1.54) is 12.0 Å². The van der Waals surface area contributed by atoms with Gasteiger partial charge in [-0.3, -0.25) is 9.36 Å². The number of nitrogens with one attached hydrogen (secondary N) is 1. The van der Waals surface area contributed by atoms with E-state index in [1.807, 2.05) is 4.57 Å². The average molecular weight is 258 g/mol. The van der Waals surface area contributed by atoms with Crippen molar-refractivity contribution < 1.29 is 0 Å². The lowest BCUT2D eigenvalue weighted by molar-refractivity contribution is 0.336. The molecule has 0 aliphatic heterocycles. The molecule has 2 aromatic heterocycles. The summed E-state index contributed by atoms with van der Waals surface area (Å²) in [6, 6.07) is 0. The van der Waals surface area contributed by atoms with E-state index in [2.05, 4.69) is 41.8 Å². The summed E-state index contributed by atoms with van der Waals surface area (Å²) in [5, 5.41) is 0. The highest BCUT2D eigenvalue weighted by Crippen LogP contribution is 2.39. The molecule has 0 amide bonds. The summed E-state index contributed by atoms with van der Waals surface area (Å²) in [5.74, 6) is 1.75. The Morgan fingerprint density at radius 3 is 2.89 bits per heavy atom. The summed E-state index contributed by atoms with van der Waals surface area (Å²) >= 11 is 0. The zero-order chi connectivity index (χ0) is 13.6. The van der Waals surface area contributed by atoms with Crippen LogP contribution in [0.2, 0.25) is 0 Å². The molecule has 2 heterocycles. The fourth-order valence-corrected chi connectivity index (χ4v) is 3.07. The van der Waals surface area contributed by atoms with Crippen LogP contribution in [0.5, 0.6) is 0 Å². The Hall–Kier alpha value is -1.91. The number of fused-ring (bicyclic) bond motifs is 1. The smallest absolute Gasteiger partial charge is 0.278 e. The molecule has 0 radical (unpaired) electrons. The van der Waals surface area contributed by atoms with Crippen LogP contribution in [0, 0.1) is 17.8 Å². The van der Waals surface area contributed by atoms with E-state index >= 15 is 0 Å². The van der Waals surface area contributed by atoms with Crippen LogP contribution in [-0.2, 0) is 0 Å². The molecule has 1 unspecified atom stereocenters. The maximum Gasteiger partial charge on any atom is 0.278 e. The minimum absolute atomic E-state index is 0.185. The van der Waals surface area contributed by atoms with Crippen LogP contribution in [0.3, 0.4) is 0 Å². The highest BCUT2D eigenvalue weighted by Gasteiger charge is 2.30. The third-order valence-corrected chi connectivity index (χ3v) is 4.18. The summed E-state index contributed by atoms with van der Waals surface area (Å²) < 4.78 is 1.96. The van der Waals surface area contributed by atoms with Crippen LogP contribution >= 0.6 is 0 Å². The molecule has 5 heteroatoms. The molecule has 0 bridgehead atoms. The van der Waals surface area contributed by atoms with Crippen LogP contribution in [-0.4, -0.2) is 19.5 Å². The van der Waals surface area contributed by atoms with Gasteiger partial charge in [0.25, 0.3) is 5.56 Å². The van der Waals surface area contributed by atoms with Crippen molar-refractivity contribution in [3.8, 4) is 0 Å². The standard InChI is InChI=1S/C14H18N4O/c1-8(2)10-4-5-11(9(10)3)18-7-17-12-13(18)15-6-16-14(12)19/h5-10H,4H2,1-3H3,(H,15,16,19)/t9-,10?/m1/s1. The van der Waals surface area contributed by atoms with E-state index < -0.39 is 0 Å². The van der Waals surface area contributed by atoms with E-state index in [4.69, 9.17) is 0 Å². The Bertz CT molecular complexity index is 695. The quantitative estimate of drug-likeness (QED) is 0.898. The second-order valence-electron chi connectivity index (χ2n) is 5.58. The van der Waals surface area contributed by atoms with E-state index in [0.717, 1.165) is 6.42 Å². The lowest BCUT2D eigenvalue weighted by Gasteiger charge is -2.22. The highest BCUT2D eigenvalue weighted by molar-refractivity contribution is 5.74. The largest absolute Gasteiger partial charge is 0.311 e. The fraction of sp³-hybridized carbons (Fsp3) is 0.500. The van der Waals surface area contributed by atoms with Gasteiger partial charge in [0.15, 0.2) is 11.2 Å². The lowest BCUT2D eigenvalue weighted by Crippen LogP contribution is -2.16. The number of rotatable bonds is 2. The predicted octanol–water partition coefficient (Wildman–Crippen LogP) is 2.27. The number of hydrogen-bond acceptors (Lipinski definition) is 3. The van der Waals surface area contributed by atoms with Gasteiger partial charge in [-0.2, -0.15) is 0 Å². The van der Waals surface area contributed by atoms with E-state index in [1.54, 1.807) is 6.33 Å². The van der Waals surface area contributed by atoms with Crippen molar-refractivity contribution in [1.82, 2.24) is 19.5 Å². The SMILES string of the molecule is CC(C)C1CC=C(n2cnc3c(=O)[nH]cnc32)[C@@H]1C. The maximum atomic E-state index is 11.7. The molecule has 0 spiro atoms. The summed E-state index contributed by atoms with van der Waals surface area (Å²) in [5.41, 5.74) is 2.07. The normalized spacial score (nSPS) is 23.3. The minimum atomic E-state index is -0.185. The Morgan fingerprint density at radius 2 is 2.21 bits per heavy atom. The Balaban J connectivity index is 2.07. The van der Waals surface area contributed by atoms with E-state index in [-0.39, 0.29) is 5.56 Å². The monoisotopic (exact) mass is 258 g/mol. The first-order valence-corrected chi connectivity index (χ1v) is 6.70.